The number of nitrogens with zero attached hydrogens (tertiary/aromatic N) is 1. The van der Waals surface area contributed by atoms with Crippen LogP contribution in [0.1, 0.15) is 23.2 Å². The Morgan fingerprint density at radius 1 is 1.58 bits per heavy atom. The average molecular weight is 263 g/mol. The molecule has 0 spiro atoms. The SMILES string of the molecule is COc1ccc(C(=O)NCC2CCCN2C)c(N)c1. The Morgan fingerprint density at radius 2 is 2.37 bits per heavy atom. The van der Waals surface area contributed by atoms with Gasteiger partial charge in [-0.25, -0.2) is 0 Å². The fraction of sp³-hybridized carbons (Fsp3) is 0.500. The van der Waals surface area contributed by atoms with Crippen LogP contribution in [0, 0.1) is 0 Å². The van der Waals surface area contributed by atoms with E-state index in [1.807, 2.05) is 0 Å². The maximum absolute atomic E-state index is 12.1. The molecule has 0 saturated carbocycles. The lowest BCUT2D eigenvalue weighted by Gasteiger charge is -2.19. The highest BCUT2D eigenvalue weighted by Gasteiger charge is 2.21. The summed E-state index contributed by atoms with van der Waals surface area (Å²) in [5.74, 6) is 0.532. The van der Waals surface area contributed by atoms with E-state index in [0.29, 0.717) is 29.6 Å². The van der Waals surface area contributed by atoms with Crippen LogP contribution in [0.25, 0.3) is 0 Å². The van der Waals surface area contributed by atoms with Crippen molar-refractivity contribution < 1.29 is 9.53 Å². The van der Waals surface area contributed by atoms with Crippen LogP contribution in [-0.4, -0.2) is 44.1 Å². The van der Waals surface area contributed by atoms with Gasteiger partial charge in [0, 0.05) is 24.3 Å². The van der Waals surface area contributed by atoms with Crippen LogP contribution in [0.3, 0.4) is 0 Å². The van der Waals surface area contributed by atoms with Gasteiger partial charge in [0.15, 0.2) is 0 Å². The smallest absolute Gasteiger partial charge is 0.253 e. The van der Waals surface area contributed by atoms with Gasteiger partial charge in [-0.1, -0.05) is 0 Å². The third-order valence-corrected chi connectivity index (χ3v) is 3.67. The van der Waals surface area contributed by atoms with Crippen LogP contribution in [0.15, 0.2) is 18.2 Å². The van der Waals surface area contributed by atoms with E-state index in [2.05, 4.69) is 17.3 Å². The maximum atomic E-state index is 12.1. The number of likely N-dealkylation sites (tertiary alicyclic amines) is 1. The minimum Gasteiger partial charge on any atom is -0.497 e. The zero-order valence-electron chi connectivity index (χ0n) is 11.5. The van der Waals surface area contributed by atoms with Crippen molar-refractivity contribution in [2.45, 2.75) is 18.9 Å². The number of methoxy groups -OCH3 is 1. The zero-order chi connectivity index (χ0) is 13.8. The molecule has 1 aromatic carbocycles. The standard InChI is InChI=1S/C14H21N3O2/c1-17-7-3-4-10(17)9-16-14(18)12-6-5-11(19-2)8-13(12)15/h5-6,8,10H,3-4,7,9,15H2,1-2H3,(H,16,18). The summed E-state index contributed by atoms with van der Waals surface area (Å²) in [6.45, 7) is 1.77. The summed E-state index contributed by atoms with van der Waals surface area (Å²) < 4.78 is 5.07. The molecular weight excluding hydrogens is 242 g/mol. The van der Waals surface area contributed by atoms with E-state index < -0.39 is 0 Å². The fourth-order valence-electron chi connectivity index (χ4n) is 2.42. The van der Waals surface area contributed by atoms with Crippen molar-refractivity contribution in [3.8, 4) is 5.75 Å². The highest BCUT2D eigenvalue weighted by Crippen LogP contribution is 2.20. The van der Waals surface area contributed by atoms with E-state index in [1.54, 1.807) is 25.3 Å². The molecular formula is C14H21N3O2. The molecule has 104 valence electrons. The minimum atomic E-state index is -0.125. The van der Waals surface area contributed by atoms with Crippen LogP contribution >= 0.6 is 0 Å². The number of benzene rings is 1. The van der Waals surface area contributed by atoms with E-state index in [-0.39, 0.29) is 5.91 Å². The van der Waals surface area contributed by atoms with E-state index in [9.17, 15) is 4.79 Å². The summed E-state index contributed by atoms with van der Waals surface area (Å²) in [5.41, 5.74) is 6.80. The molecule has 0 bridgehead atoms. The average Bonchev–Trinajstić information content (AvgIpc) is 2.81. The second-order valence-corrected chi connectivity index (χ2v) is 4.94. The Kier molecular flexibility index (Phi) is 4.27. The predicted molar refractivity (Wildman–Crippen MR) is 75.4 cm³/mol. The molecule has 1 aliphatic rings. The van der Waals surface area contributed by atoms with Crippen molar-refractivity contribution in [1.82, 2.24) is 10.2 Å². The van der Waals surface area contributed by atoms with Crippen molar-refractivity contribution in [1.29, 1.82) is 0 Å². The molecule has 19 heavy (non-hydrogen) atoms. The molecule has 5 nitrogen and oxygen atoms in total. The highest BCUT2D eigenvalue weighted by molar-refractivity contribution is 5.99. The molecule has 0 aliphatic carbocycles. The van der Waals surface area contributed by atoms with Crippen molar-refractivity contribution in [2.75, 3.05) is 33.0 Å². The molecule has 1 unspecified atom stereocenters. The summed E-state index contributed by atoms with van der Waals surface area (Å²) in [4.78, 5) is 14.4. The van der Waals surface area contributed by atoms with Gasteiger partial charge >= 0.3 is 0 Å². The van der Waals surface area contributed by atoms with Gasteiger partial charge in [0.05, 0.1) is 12.7 Å². The summed E-state index contributed by atoms with van der Waals surface area (Å²) in [6.07, 6.45) is 2.33. The Balaban J connectivity index is 1.96. The molecule has 0 aromatic heterocycles. The van der Waals surface area contributed by atoms with Crippen LogP contribution in [0.4, 0.5) is 5.69 Å². The van der Waals surface area contributed by atoms with E-state index in [1.165, 1.54) is 6.42 Å². The Labute approximate surface area is 113 Å². The van der Waals surface area contributed by atoms with Crippen LogP contribution < -0.4 is 15.8 Å². The van der Waals surface area contributed by atoms with Gasteiger partial charge in [0.25, 0.3) is 5.91 Å². The van der Waals surface area contributed by atoms with Gasteiger partial charge in [0.2, 0.25) is 0 Å². The van der Waals surface area contributed by atoms with Crippen molar-refractivity contribution in [3.05, 3.63) is 23.8 Å². The Bertz CT molecular complexity index is 462. The molecule has 5 heteroatoms. The van der Waals surface area contributed by atoms with Gasteiger partial charge in [0.1, 0.15) is 5.75 Å². The molecule has 1 heterocycles. The number of anilines is 1. The number of likely N-dealkylation sites (N-methyl/N-ethyl adjacent to an activating group) is 1. The molecule has 1 atom stereocenters. The number of carbonyl (C=O) groups excluding carboxylic acids is 1. The zero-order valence-corrected chi connectivity index (χ0v) is 11.5. The Hall–Kier alpha value is -1.75. The Morgan fingerprint density at radius 3 is 2.95 bits per heavy atom. The van der Waals surface area contributed by atoms with Gasteiger partial charge in [-0.05, 0) is 38.6 Å². The van der Waals surface area contributed by atoms with Crippen LogP contribution in [-0.2, 0) is 0 Å². The molecule has 2 rings (SSSR count). The van der Waals surface area contributed by atoms with E-state index in [4.69, 9.17) is 10.5 Å². The normalized spacial score (nSPS) is 19.4. The van der Waals surface area contributed by atoms with Gasteiger partial charge < -0.3 is 20.7 Å². The lowest BCUT2D eigenvalue weighted by molar-refractivity contribution is 0.0944. The largest absolute Gasteiger partial charge is 0.497 e. The molecule has 1 aromatic rings. The van der Waals surface area contributed by atoms with E-state index >= 15 is 0 Å². The summed E-state index contributed by atoms with van der Waals surface area (Å²) in [6, 6.07) is 5.54. The molecule has 3 N–H and O–H groups in total. The van der Waals surface area contributed by atoms with Crippen molar-refractivity contribution in [2.24, 2.45) is 0 Å². The second kappa shape index (κ2) is 5.93. The molecule has 1 amide bonds. The molecule has 1 saturated heterocycles. The molecule has 0 radical (unpaired) electrons. The highest BCUT2D eigenvalue weighted by atomic mass is 16.5. The number of rotatable bonds is 4. The third-order valence-electron chi connectivity index (χ3n) is 3.67. The number of nitrogen functional groups attached to an aromatic ring is 1. The minimum absolute atomic E-state index is 0.125. The first-order chi connectivity index (χ1) is 9.11. The number of hydrogen-bond acceptors (Lipinski definition) is 4. The number of nitrogens with one attached hydrogen (secondary N) is 1. The second-order valence-electron chi connectivity index (χ2n) is 4.94. The quantitative estimate of drug-likeness (QED) is 0.798. The van der Waals surface area contributed by atoms with Gasteiger partial charge in [-0.3, -0.25) is 4.79 Å². The monoisotopic (exact) mass is 263 g/mol. The van der Waals surface area contributed by atoms with Crippen LogP contribution in [0.2, 0.25) is 0 Å². The van der Waals surface area contributed by atoms with Crippen LogP contribution in [0.5, 0.6) is 5.75 Å². The number of ether oxygens (including phenoxy) is 1. The number of nitrogens with two attached hydrogens (primary N) is 1. The summed E-state index contributed by atoms with van der Waals surface area (Å²) in [5, 5.41) is 2.95. The van der Waals surface area contributed by atoms with Crippen molar-refractivity contribution in [3.63, 3.8) is 0 Å². The number of amides is 1. The molecule has 1 fully saturated rings. The molecule has 1 aliphatic heterocycles. The first kappa shape index (κ1) is 13.7. The lowest BCUT2D eigenvalue weighted by Crippen LogP contribution is -2.38. The van der Waals surface area contributed by atoms with Crippen molar-refractivity contribution >= 4 is 11.6 Å². The lowest BCUT2D eigenvalue weighted by atomic mass is 10.1. The van der Waals surface area contributed by atoms with E-state index in [0.717, 1.165) is 13.0 Å². The van der Waals surface area contributed by atoms with Gasteiger partial charge in [-0.2, -0.15) is 0 Å². The summed E-state index contributed by atoms with van der Waals surface area (Å²) >= 11 is 0. The fourth-order valence-corrected chi connectivity index (χ4v) is 2.42. The third kappa shape index (κ3) is 3.17. The first-order valence-corrected chi connectivity index (χ1v) is 6.53. The first-order valence-electron chi connectivity index (χ1n) is 6.53. The number of hydrogen-bond donors (Lipinski definition) is 2. The maximum Gasteiger partial charge on any atom is 0.253 e. The summed E-state index contributed by atoms with van der Waals surface area (Å²) in [7, 11) is 3.66. The topological polar surface area (TPSA) is 67.6 Å². The predicted octanol–water partition coefficient (Wildman–Crippen LogP) is 1.10. The number of carbonyl (C=O) groups is 1. The van der Waals surface area contributed by atoms with Gasteiger partial charge in [-0.15, -0.1) is 0 Å².